The van der Waals surface area contributed by atoms with Crippen LogP contribution in [0.5, 0.6) is 5.88 Å². The number of nitrogens with zero attached hydrogens (tertiary/aromatic N) is 1. The summed E-state index contributed by atoms with van der Waals surface area (Å²) < 4.78 is 5.33. The highest BCUT2D eigenvalue weighted by Crippen LogP contribution is 2.22. The molecule has 0 radical (unpaired) electrons. The van der Waals surface area contributed by atoms with Gasteiger partial charge in [-0.1, -0.05) is 6.07 Å². The molecule has 0 spiro atoms. The summed E-state index contributed by atoms with van der Waals surface area (Å²) in [6.07, 6.45) is 2.06. The number of pyridine rings is 1. The van der Waals surface area contributed by atoms with Crippen molar-refractivity contribution in [3.63, 3.8) is 0 Å². The second kappa shape index (κ2) is 4.49. The van der Waals surface area contributed by atoms with Crippen molar-refractivity contribution in [2.24, 2.45) is 5.73 Å². The molecule has 2 rings (SSSR count). The molecule has 0 aromatic carbocycles. The Morgan fingerprint density at radius 1 is 1.53 bits per heavy atom. The number of ether oxygens (including phenoxy) is 1. The van der Waals surface area contributed by atoms with Crippen molar-refractivity contribution in [3.05, 3.63) is 18.2 Å². The van der Waals surface area contributed by atoms with E-state index in [1.165, 1.54) is 0 Å². The zero-order valence-electron chi connectivity index (χ0n) is 8.94. The second-order valence-corrected chi connectivity index (χ2v) is 3.87. The molecule has 1 aliphatic carbocycles. The molecule has 82 valence electrons. The summed E-state index contributed by atoms with van der Waals surface area (Å²) in [5.74, 6) is 1.55. The Kier molecular flexibility index (Phi) is 3.06. The third-order valence-electron chi connectivity index (χ3n) is 2.54. The Morgan fingerprint density at radius 3 is 3.00 bits per heavy atom. The van der Waals surface area contributed by atoms with E-state index in [9.17, 15) is 0 Å². The van der Waals surface area contributed by atoms with Gasteiger partial charge in [-0.2, -0.15) is 4.98 Å². The Balaban J connectivity index is 1.93. The summed E-state index contributed by atoms with van der Waals surface area (Å²) in [7, 11) is 0. The van der Waals surface area contributed by atoms with Crippen molar-refractivity contribution in [2.45, 2.75) is 31.8 Å². The van der Waals surface area contributed by atoms with Gasteiger partial charge in [0.05, 0.1) is 6.61 Å². The standard InChI is InChI=1S/C11H17N3O/c1-2-15-11-5-3-4-10(14-11)13-9-6-8(12)7-9/h3-5,8-9H,2,6-7,12H2,1H3,(H,13,14). The fraction of sp³-hybridized carbons (Fsp3) is 0.545. The molecule has 4 nitrogen and oxygen atoms in total. The van der Waals surface area contributed by atoms with E-state index in [2.05, 4.69) is 10.3 Å². The van der Waals surface area contributed by atoms with E-state index in [1.807, 2.05) is 25.1 Å². The van der Waals surface area contributed by atoms with Gasteiger partial charge in [0, 0.05) is 18.2 Å². The minimum absolute atomic E-state index is 0.359. The van der Waals surface area contributed by atoms with Gasteiger partial charge in [-0.3, -0.25) is 0 Å². The van der Waals surface area contributed by atoms with Gasteiger partial charge >= 0.3 is 0 Å². The van der Waals surface area contributed by atoms with Crippen LogP contribution >= 0.6 is 0 Å². The Morgan fingerprint density at radius 2 is 2.33 bits per heavy atom. The van der Waals surface area contributed by atoms with Crippen molar-refractivity contribution >= 4 is 5.82 Å². The van der Waals surface area contributed by atoms with Crippen LogP contribution in [-0.4, -0.2) is 23.7 Å². The maximum Gasteiger partial charge on any atom is 0.215 e. The molecule has 3 N–H and O–H groups in total. The number of hydrogen-bond donors (Lipinski definition) is 2. The maximum atomic E-state index is 5.72. The summed E-state index contributed by atoms with van der Waals surface area (Å²) in [6.45, 7) is 2.59. The van der Waals surface area contributed by atoms with Crippen LogP contribution in [0.2, 0.25) is 0 Å². The molecule has 4 heteroatoms. The molecule has 1 heterocycles. The highest BCUT2D eigenvalue weighted by Gasteiger charge is 2.25. The molecule has 0 amide bonds. The largest absolute Gasteiger partial charge is 0.478 e. The maximum absolute atomic E-state index is 5.72. The third kappa shape index (κ3) is 2.59. The molecule has 0 unspecified atom stereocenters. The zero-order valence-corrected chi connectivity index (χ0v) is 8.94. The van der Waals surface area contributed by atoms with Gasteiger partial charge in [-0.25, -0.2) is 0 Å². The number of rotatable bonds is 4. The molecule has 1 aromatic rings. The molecule has 1 aliphatic rings. The highest BCUT2D eigenvalue weighted by molar-refractivity contribution is 5.38. The topological polar surface area (TPSA) is 60.2 Å². The average molecular weight is 207 g/mol. The van der Waals surface area contributed by atoms with E-state index >= 15 is 0 Å². The quantitative estimate of drug-likeness (QED) is 0.783. The van der Waals surface area contributed by atoms with E-state index in [1.54, 1.807) is 0 Å². The smallest absolute Gasteiger partial charge is 0.215 e. The fourth-order valence-corrected chi connectivity index (χ4v) is 1.71. The van der Waals surface area contributed by atoms with E-state index < -0.39 is 0 Å². The first-order valence-corrected chi connectivity index (χ1v) is 5.40. The molecular formula is C11H17N3O. The van der Waals surface area contributed by atoms with Crippen LogP contribution in [0.3, 0.4) is 0 Å². The lowest BCUT2D eigenvalue weighted by molar-refractivity contribution is 0.326. The summed E-state index contributed by atoms with van der Waals surface area (Å²) in [5, 5.41) is 3.34. The van der Waals surface area contributed by atoms with Crippen molar-refractivity contribution in [3.8, 4) is 5.88 Å². The minimum Gasteiger partial charge on any atom is -0.478 e. The number of hydrogen-bond acceptors (Lipinski definition) is 4. The zero-order chi connectivity index (χ0) is 10.7. The van der Waals surface area contributed by atoms with Gasteiger partial charge in [-0.15, -0.1) is 0 Å². The summed E-state index contributed by atoms with van der Waals surface area (Å²) in [5.41, 5.74) is 5.72. The molecule has 1 aromatic heterocycles. The molecular weight excluding hydrogens is 190 g/mol. The van der Waals surface area contributed by atoms with Gasteiger partial charge in [-0.05, 0) is 25.8 Å². The molecule has 0 aliphatic heterocycles. The van der Waals surface area contributed by atoms with Crippen LogP contribution in [0.1, 0.15) is 19.8 Å². The number of anilines is 1. The van der Waals surface area contributed by atoms with Crippen molar-refractivity contribution < 1.29 is 4.74 Å². The Hall–Kier alpha value is -1.29. The van der Waals surface area contributed by atoms with Gasteiger partial charge in [0.25, 0.3) is 0 Å². The lowest BCUT2D eigenvalue weighted by atomic mass is 9.88. The van der Waals surface area contributed by atoms with Crippen LogP contribution in [0.15, 0.2) is 18.2 Å². The number of aromatic nitrogens is 1. The molecule has 15 heavy (non-hydrogen) atoms. The minimum atomic E-state index is 0.359. The van der Waals surface area contributed by atoms with Gasteiger partial charge in [0.1, 0.15) is 5.82 Å². The summed E-state index contributed by atoms with van der Waals surface area (Å²) in [4.78, 5) is 4.34. The molecule has 1 fully saturated rings. The van der Waals surface area contributed by atoms with Crippen LogP contribution in [-0.2, 0) is 0 Å². The van der Waals surface area contributed by atoms with Crippen molar-refractivity contribution in [1.82, 2.24) is 4.98 Å². The van der Waals surface area contributed by atoms with Crippen LogP contribution in [0.4, 0.5) is 5.82 Å². The molecule has 0 saturated heterocycles. The molecule has 0 atom stereocenters. The highest BCUT2D eigenvalue weighted by atomic mass is 16.5. The number of nitrogens with two attached hydrogens (primary N) is 1. The first-order valence-electron chi connectivity index (χ1n) is 5.40. The average Bonchev–Trinajstić information content (AvgIpc) is 2.17. The Labute approximate surface area is 89.8 Å². The lowest BCUT2D eigenvalue weighted by Crippen LogP contribution is -2.44. The molecule has 0 bridgehead atoms. The van der Waals surface area contributed by atoms with E-state index in [-0.39, 0.29) is 0 Å². The first kappa shape index (κ1) is 10.2. The summed E-state index contributed by atoms with van der Waals surface area (Å²) >= 11 is 0. The second-order valence-electron chi connectivity index (χ2n) is 3.87. The van der Waals surface area contributed by atoms with Gasteiger partial charge < -0.3 is 15.8 Å². The van der Waals surface area contributed by atoms with Gasteiger partial charge in [0.15, 0.2) is 0 Å². The van der Waals surface area contributed by atoms with Gasteiger partial charge in [0.2, 0.25) is 5.88 Å². The lowest BCUT2D eigenvalue weighted by Gasteiger charge is -2.33. The normalized spacial score (nSPS) is 24.4. The molecule has 1 saturated carbocycles. The van der Waals surface area contributed by atoms with E-state index in [4.69, 9.17) is 10.5 Å². The predicted octanol–water partition coefficient (Wildman–Crippen LogP) is 1.38. The van der Waals surface area contributed by atoms with E-state index in [0.717, 1.165) is 18.7 Å². The fourth-order valence-electron chi connectivity index (χ4n) is 1.71. The third-order valence-corrected chi connectivity index (χ3v) is 2.54. The van der Waals surface area contributed by atoms with Crippen LogP contribution < -0.4 is 15.8 Å². The SMILES string of the molecule is CCOc1cccc(NC2CC(N)C2)n1. The van der Waals surface area contributed by atoms with Crippen LogP contribution in [0.25, 0.3) is 0 Å². The first-order chi connectivity index (χ1) is 7.28. The van der Waals surface area contributed by atoms with Crippen molar-refractivity contribution in [1.29, 1.82) is 0 Å². The predicted molar refractivity (Wildman–Crippen MR) is 60.0 cm³/mol. The Bertz CT molecular complexity index is 323. The monoisotopic (exact) mass is 207 g/mol. The van der Waals surface area contributed by atoms with Crippen LogP contribution in [0, 0.1) is 0 Å². The van der Waals surface area contributed by atoms with E-state index in [0.29, 0.717) is 24.6 Å². The number of nitrogens with one attached hydrogen (secondary N) is 1. The summed E-state index contributed by atoms with van der Waals surface area (Å²) in [6, 6.07) is 6.59. The van der Waals surface area contributed by atoms with Crippen molar-refractivity contribution in [2.75, 3.05) is 11.9 Å².